The van der Waals surface area contributed by atoms with Gasteiger partial charge in [-0.25, -0.2) is 9.18 Å². The molecule has 2 aromatic carbocycles. The fraction of sp³-hybridized carbons (Fsp3) is 0.133. The Labute approximate surface area is 126 Å². The summed E-state index contributed by atoms with van der Waals surface area (Å²) in [6.07, 6.45) is -0.517. The molecule has 0 atom stereocenters. The van der Waals surface area contributed by atoms with Crippen LogP contribution in [0.4, 0.5) is 20.6 Å². The average molecular weight is 309 g/mol. The molecule has 0 aliphatic rings. The molecule has 0 fully saturated rings. The van der Waals surface area contributed by atoms with E-state index in [0.717, 1.165) is 11.3 Å². The number of carbonyl (C=O) groups is 1. The van der Waals surface area contributed by atoms with Crippen molar-refractivity contribution in [2.24, 2.45) is 0 Å². The van der Waals surface area contributed by atoms with Crippen molar-refractivity contribution in [2.75, 3.05) is 17.7 Å². The number of ether oxygens (including phenoxy) is 1. The lowest BCUT2D eigenvalue weighted by Gasteiger charge is -2.09. The number of hydrogen-bond acceptors (Lipinski definition) is 3. The summed E-state index contributed by atoms with van der Waals surface area (Å²) in [7, 11) is 1.30. The van der Waals surface area contributed by atoms with E-state index in [0.29, 0.717) is 12.2 Å². The summed E-state index contributed by atoms with van der Waals surface area (Å²) in [5.41, 5.74) is 2.38. The van der Waals surface area contributed by atoms with E-state index in [4.69, 9.17) is 11.6 Å². The first-order chi connectivity index (χ1) is 10.1. The molecule has 110 valence electrons. The maximum absolute atomic E-state index is 13.0. The summed E-state index contributed by atoms with van der Waals surface area (Å²) >= 11 is 5.72. The van der Waals surface area contributed by atoms with Crippen LogP contribution < -0.4 is 10.6 Å². The highest BCUT2D eigenvalue weighted by molar-refractivity contribution is 6.30. The number of rotatable bonds is 4. The van der Waals surface area contributed by atoms with Crippen LogP contribution in [0.2, 0.25) is 5.02 Å². The lowest BCUT2D eigenvalue weighted by molar-refractivity contribution is 0.187. The van der Waals surface area contributed by atoms with E-state index < -0.39 is 11.9 Å². The normalized spacial score (nSPS) is 10.0. The number of carbonyl (C=O) groups excluding carboxylic acids is 1. The molecule has 0 spiro atoms. The smallest absolute Gasteiger partial charge is 0.411 e. The van der Waals surface area contributed by atoms with Crippen molar-refractivity contribution in [1.82, 2.24) is 0 Å². The van der Waals surface area contributed by atoms with E-state index in [-0.39, 0.29) is 5.02 Å². The molecule has 2 aromatic rings. The predicted molar refractivity (Wildman–Crippen MR) is 81.2 cm³/mol. The number of nitrogens with one attached hydrogen (secondary N) is 2. The van der Waals surface area contributed by atoms with E-state index in [9.17, 15) is 9.18 Å². The molecule has 4 nitrogen and oxygen atoms in total. The van der Waals surface area contributed by atoms with Gasteiger partial charge in [0.2, 0.25) is 0 Å². The van der Waals surface area contributed by atoms with E-state index in [1.54, 1.807) is 24.3 Å². The highest BCUT2D eigenvalue weighted by Gasteiger charge is 2.02. The number of anilines is 2. The zero-order valence-corrected chi connectivity index (χ0v) is 12.1. The van der Waals surface area contributed by atoms with E-state index in [1.807, 2.05) is 12.1 Å². The maximum Gasteiger partial charge on any atom is 0.411 e. The summed E-state index contributed by atoms with van der Waals surface area (Å²) in [6.45, 7) is 0.518. The Hall–Kier alpha value is -2.27. The van der Waals surface area contributed by atoms with Crippen LogP contribution in [-0.2, 0) is 11.3 Å². The van der Waals surface area contributed by atoms with Crippen LogP contribution in [0.15, 0.2) is 42.5 Å². The topological polar surface area (TPSA) is 50.4 Å². The van der Waals surface area contributed by atoms with Gasteiger partial charge in [0.1, 0.15) is 5.82 Å². The minimum Gasteiger partial charge on any atom is -0.453 e. The highest BCUT2D eigenvalue weighted by atomic mass is 35.5. The molecule has 0 radical (unpaired) electrons. The number of halogens is 2. The molecule has 0 bridgehead atoms. The second-order valence-corrected chi connectivity index (χ2v) is 4.70. The first-order valence-electron chi connectivity index (χ1n) is 6.21. The van der Waals surface area contributed by atoms with Crippen molar-refractivity contribution in [3.63, 3.8) is 0 Å². The largest absolute Gasteiger partial charge is 0.453 e. The number of amides is 1. The van der Waals surface area contributed by atoms with Crippen molar-refractivity contribution in [3.8, 4) is 0 Å². The van der Waals surface area contributed by atoms with Crippen molar-refractivity contribution in [1.29, 1.82) is 0 Å². The van der Waals surface area contributed by atoms with Gasteiger partial charge in [0.15, 0.2) is 0 Å². The Morgan fingerprint density at radius 2 is 1.86 bits per heavy atom. The van der Waals surface area contributed by atoms with Gasteiger partial charge in [-0.05, 0) is 42.0 Å². The van der Waals surface area contributed by atoms with Gasteiger partial charge >= 0.3 is 6.09 Å². The Morgan fingerprint density at radius 3 is 2.48 bits per heavy atom. The van der Waals surface area contributed by atoms with Crippen LogP contribution in [-0.4, -0.2) is 13.2 Å². The van der Waals surface area contributed by atoms with Crippen molar-refractivity contribution >= 4 is 29.1 Å². The fourth-order valence-corrected chi connectivity index (χ4v) is 1.90. The summed E-state index contributed by atoms with van der Waals surface area (Å²) in [5, 5.41) is 5.84. The summed E-state index contributed by atoms with van der Waals surface area (Å²) in [5.74, 6) is -0.432. The Kier molecular flexibility index (Phi) is 5.00. The second kappa shape index (κ2) is 6.95. The number of hydrogen-bond donors (Lipinski definition) is 2. The molecular weight excluding hydrogens is 295 g/mol. The van der Waals surface area contributed by atoms with Crippen molar-refractivity contribution in [3.05, 3.63) is 58.9 Å². The first kappa shape index (κ1) is 15.1. The van der Waals surface area contributed by atoms with Gasteiger partial charge in [0, 0.05) is 17.9 Å². The molecule has 0 heterocycles. The van der Waals surface area contributed by atoms with Crippen LogP contribution in [0.3, 0.4) is 0 Å². The summed E-state index contributed by atoms with van der Waals surface area (Å²) in [4.78, 5) is 11.0. The lowest BCUT2D eigenvalue weighted by Crippen LogP contribution is -2.10. The average Bonchev–Trinajstić information content (AvgIpc) is 2.50. The van der Waals surface area contributed by atoms with Gasteiger partial charge in [-0.2, -0.15) is 0 Å². The molecule has 0 aliphatic heterocycles. The summed E-state index contributed by atoms with van der Waals surface area (Å²) < 4.78 is 17.5. The van der Waals surface area contributed by atoms with Gasteiger partial charge in [0.05, 0.1) is 12.1 Å². The van der Waals surface area contributed by atoms with Crippen molar-refractivity contribution < 1.29 is 13.9 Å². The van der Waals surface area contributed by atoms with Crippen LogP contribution in [0.25, 0.3) is 0 Å². The van der Waals surface area contributed by atoms with Crippen LogP contribution in [0.1, 0.15) is 5.56 Å². The van der Waals surface area contributed by atoms with Crippen LogP contribution >= 0.6 is 11.6 Å². The third-order valence-corrected chi connectivity index (χ3v) is 3.09. The van der Waals surface area contributed by atoms with E-state index in [2.05, 4.69) is 15.4 Å². The molecule has 6 heteroatoms. The zero-order valence-electron chi connectivity index (χ0n) is 11.3. The van der Waals surface area contributed by atoms with Gasteiger partial charge in [-0.15, -0.1) is 0 Å². The lowest BCUT2D eigenvalue weighted by atomic mass is 10.2. The third kappa shape index (κ3) is 4.36. The van der Waals surface area contributed by atoms with Gasteiger partial charge in [-0.1, -0.05) is 17.7 Å². The Balaban J connectivity index is 1.94. The quantitative estimate of drug-likeness (QED) is 0.887. The Morgan fingerprint density at radius 1 is 1.19 bits per heavy atom. The number of methoxy groups -OCH3 is 1. The minimum absolute atomic E-state index is 0.104. The van der Waals surface area contributed by atoms with Gasteiger partial charge in [0.25, 0.3) is 0 Å². The molecule has 0 saturated heterocycles. The molecule has 21 heavy (non-hydrogen) atoms. The monoisotopic (exact) mass is 308 g/mol. The van der Waals surface area contributed by atoms with E-state index in [1.165, 1.54) is 13.2 Å². The Bertz CT molecular complexity index is 632. The molecular formula is C15H14ClFN2O2. The van der Waals surface area contributed by atoms with Crippen LogP contribution in [0, 0.1) is 5.82 Å². The van der Waals surface area contributed by atoms with E-state index >= 15 is 0 Å². The molecule has 2 rings (SSSR count). The zero-order chi connectivity index (χ0) is 15.2. The molecule has 0 unspecified atom stereocenters. The molecule has 0 saturated carbocycles. The standard InChI is InChI=1S/C15H14ClFN2O2/c1-21-15(20)19-12-5-3-11(4-6-12)18-9-10-2-7-14(17)13(16)8-10/h2-8,18H,9H2,1H3,(H,19,20). The third-order valence-electron chi connectivity index (χ3n) is 2.80. The molecule has 1 amide bonds. The predicted octanol–water partition coefficient (Wildman–Crippen LogP) is 4.27. The molecule has 0 aliphatic carbocycles. The fourth-order valence-electron chi connectivity index (χ4n) is 1.69. The van der Waals surface area contributed by atoms with Gasteiger partial charge in [-0.3, -0.25) is 5.32 Å². The summed E-state index contributed by atoms with van der Waals surface area (Å²) in [6, 6.07) is 11.7. The highest BCUT2D eigenvalue weighted by Crippen LogP contribution is 2.18. The molecule has 0 aromatic heterocycles. The first-order valence-corrected chi connectivity index (χ1v) is 6.59. The maximum atomic E-state index is 13.0. The SMILES string of the molecule is COC(=O)Nc1ccc(NCc2ccc(F)c(Cl)c2)cc1. The van der Waals surface area contributed by atoms with Crippen molar-refractivity contribution in [2.45, 2.75) is 6.54 Å². The minimum atomic E-state index is -0.517. The second-order valence-electron chi connectivity index (χ2n) is 4.30. The molecule has 2 N–H and O–H groups in total. The van der Waals surface area contributed by atoms with Crippen LogP contribution in [0.5, 0.6) is 0 Å². The number of benzene rings is 2. The van der Waals surface area contributed by atoms with Gasteiger partial charge < -0.3 is 10.1 Å².